The number of halogens is 2. The van der Waals surface area contributed by atoms with Gasteiger partial charge in [-0.25, -0.2) is 0 Å². The lowest BCUT2D eigenvalue weighted by atomic mass is 10.1. The first-order valence-electron chi connectivity index (χ1n) is 8.06. The van der Waals surface area contributed by atoms with Crippen LogP contribution < -0.4 is 4.74 Å². The molecule has 0 aliphatic carbocycles. The molecule has 0 fully saturated rings. The number of nitrogens with zero attached hydrogens (tertiary/aromatic N) is 1. The van der Waals surface area contributed by atoms with Crippen molar-refractivity contribution < 1.29 is 4.74 Å². The molecule has 0 N–H and O–H groups in total. The van der Waals surface area contributed by atoms with Crippen molar-refractivity contribution in [3.05, 3.63) is 63.6 Å². The summed E-state index contributed by atoms with van der Waals surface area (Å²) in [6.07, 6.45) is 6.17. The summed E-state index contributed by atoms with van der Waals surface area (Å²) in [7, 11) is 4.17. The number of para-hydroxylation sites is 1. The normalized spacial score (nSPS) is 11.4. The highest BCUT2D eigenvalue weighted by atomic mass is 35.5. The maximum atomic E-state index is 6.21. The lowest BCUT2D eigenvalue weighted by Gasteiger charge is -2.11. The molecule has 4 heteroatoms. The fraction of sp³-hybridized carbons (Fsp3) is 0.300. The van der Waals surface area contributed by atoms with Crippen LogP contribution in [0.4, 0.5) is 0 Å². The maximum absolute atomic E-state index is 6.21. The van der Waals surface area contributed by atoms with Gasteiger partial charge in [-0.1, -0.05) is 59.6 Å². The summed E-state index contributed by atoms with van der Waals surface area (Å²) in [6, 6.07) is 13.5. The predicted molar refractivity (Wildman–Crippen MR) is 105 cm³/mol. The molecule has 0 spiro atoms. The quantitative estimate of drug-likeness (QED) is 0.428. The van der Waals surface area contributed by atoms with E-state index in [0.717, 1.165) is 42.9 Å². The van der Waals surface area contributed by atoms with Crippen LogP contribution in [0.25, 0.3) is 12.2 Å². The van der Waals surface area contributed by atoms with E-state index in [1.807, 2.05) is 48.6 Å². The largest absolute Gasteiger partial charge is 0.493 e. The first-order valence-corrected chi connectivity index (χ1v) is 8.81. The third kappa shape index (κ3) is 6.20. The van der Waals surface area contributed by atoms with Gasteiger partial charge in [0.15, 0.2) is 0 Å². The maximum Gasteiger partial charge on any atom is 0.126 e. The zero-order chi connectivity index (χ0) is 17.4. The minimum Gasteiger partial charge on any atom is -0.493 e. The van der Waals surface area contributed by atoms with Crippen LogP contribution in [-0.4, -0.2) is 32.1 Å². The highest BCUT2D eigenvalue weighted by Gasteiger charge is 2.02. The number of hydrogen-bond acceptors (Lipinski definition) is 2. The highest BCUT2D eigenvalue weighted by Crippen LogP contribution is 2.25. The van der Waals surface area contributed by atoms with Crippen LogP contribution in [-0.2, 0) is 0 Å². The van der Waals surface area contributed by atoms with Crippen LogP contribution in [0, 0.1) is 0 Å². The third-order valence-corrected chi connectivity index (χ3v) is 4.14. The Bertz CT molecular complexity index is 683. The molecule has 0 saturated carbocycles. The molecule has 2 rings (SSSR count). The van der Waals surface area contributed by atoms with E-state index < -0.39 is 0 Å². The first-order chi connectivity index (χ1) is 11.6. The van der Waals surface area contributed by atoms with Crippen LogP contribution in [0.3, 0.4) is 0 Å². The average molecular weight is 364 g/mol. The molecule has 0 radical (unpaired) electrons. The van der Waals surface area contributed by atoms with Crippen molar-refractivity contribution in [3.63, 3.8) is 0 Å². The fourth-order valence-electron chi connectivity index (χ4n) is 2.28. The van der Waals surface area contributed by atoms with Gasteiger partial charge in [0.05, 0.1) is 6.61 Å². The van der Waals surface area contributed by atoms with Crippen molar-refractivity contribution in [3.8, 4) is 5.75 Å². The van der Waals surface area contributed by atoms with Crippen LogP contribution in [0.15, 0.2) is 42.5 Å². The van der Waals surface area contributed by atoms with E-state index in [9.17, 15) is 0 Å². The minimum atomic E-state index is 0.638. The van der Waals surface area contributed by atoms with Gasteiger partial charge in [0.2, 0.25) is 0 Å². The number of unbranched alkanes of at least 4 members (excludes halogenated alkanes) is 1. The van der Waals surface area contributed by atoms with Crippen LogP contribution in [0.2, 0.25) is 10.0 Å². The van der Waals surface area contributed by atoms with Crippen molar-refractivity contribution in [1.82, 2.24) is 4.90 Å². The Hall–Kier alpha value is -1.48. The van der Waals surface area contributed by atoms with Gasteiger partial charge >= 0.3 is 0 Å². The van der Waals surface area contributed by atoms with Gasteiger partial charge in [0.25, 0.3) is 0 Å². The van der Waals surface area contributed by atoms with Crippen molar-refractivity contribution in [2.45, 2.75) is 12.8 Å². The second kappa shape index (κ2) is 9.73. The predicted octanol–water partition coefficient (Wildman–Crippen LogP) is 5.88. The van der Waals surface area contributed by atoms with Crippen LogP contribution in [0.5, 0.6) is 5.75 Å². The Morgan fingerprint density at radius 2 is 1.71 bits per heavy atom. The van der Waals surface area contributed by atoms with Crippen molar-refractivity contribution in [2.75, 3.05) is 27.2 Å². The Morgan fingerprint density at radius 1 is 0.958 bits per heavy atom. The number of hydrogen-bond donors (Lipinski definition) is 0. The summed E-state index contributed by atoms with van der Waals surface area (Å²) in [6.45, 7) is 1.81. The number of ether oxygens (including phenoxy) is 1. The summed E-state index contributed by atoms with van der Waals surface area (Å²) >= 11 is 12.1. The molecule has 24 heavy (non-hydrogen) atoms. The molecule has 0 aliphatic heterocycles. The Kier molecular flexibility index (Phi) is 7.64. The fourth-order valence-corrected chi connectivity index (χ4v) is 2.75. The van der Waals surface area contributed by atoms with E-state index in [1.54, 1.807) is 6.07 Å². The summed E-state index contributed by atoms with van der Waals surface area (Å²) in [5.74, 6) is 0.892. The van der Waals surface area contributed by atoms with Gasteiger partial charge in [0, 0.05) is 15.6 Å². The molecule has 128 valence electrons. The Labute approximate surface area is 154 Å². The summed E-state index contributed by atoms with van der Waals surface area (Å²) in [5.41, 5.74) is 1.97. The average Bonchev–Trinajstić information content (AvgIpc) is 2.54. The molecule has 0 amide bonds. The van der Waals surface area contributed by atoms with Gasteiger partial charge in [-0.05, 0) is 57.2 Å². The molecule has 0 aliphatic rings. The summed E-state index contributed by atoms with van der Waals surface area (Å²) in [4.78, 5) is 2.19. The lowest BCUT2D eigenvalue weighted by Crippen LogP contribution is -2.13. The van der Waals surface area contributed by atoms with Gasteiger partial charge < -0.3 is 9.64 Å². The van der Waals surface area contributed by atoms with E-state index in [-0.39, 0.29) is 0 Å². The molecule has 0 bridgehead atoms. The zero-order valence-electron chi connectivity index (χ0n) is 14.1. The van der Waals surface area contributed by atoms with Gasteiger partial charge in [0.1, 0.15) is 5.75 Å². The van der Waals surface area contributed by atoms with Crippen molar-refractivity contribution in [1.29, 1.82) is 0 Å². The zero-order valence-corrected chi connectivity index (χ0v) is 15.6. The number of rotatable bonds is 8. The van der Waals surface area contributed by atoms with Gasteiger partial charge in [-0.15, -0.1) is 0 Å². The van der Waals surface area contributed by atoms with E-state index in [0.29, 0.717) is 10.0 Å². The smallest absolute Gasteiger partial charge is 0.126 e. The molecular weight excluding hydrogens is 341 g/mol. The molecule has 0 aromatic heterocycles. The molecule has 0 atom stereocenters. The first kappa shape index (κ1) is 18.9. The second-order valence-electron chi connectivity index (χ2n) is 5.90. The van der Waals surface area contributed by atoms with E-state index in [1.165, 1.54) is 0 Å². The molecule has 0 unspecified atom stereocenters. The Balaban J connectivity index is 1.99. The van der Waals surface area contributed by atoms with Crippen LogP contribution >= 0.6 is 23.2 Å². The van der Waals surface area contributed by atoms with Crippen molar-refractivity contribution in [2.24, 2.45) is 0 Å². The van der Waals surface area contributed by atoms with Crippen molar-refractivity contribution >= 4 is 35.4 Å². The number of benzene rings is 2. The molecule has 2 aromatic carbocycles. The second-order valence-corrected chi connectivity index (χ2v) is 6.74. The monoisotopic (exact) mass is 363 g/mol. The molecule has 0 saturated heterocycles. The highest BCUT2D eigenvalue weighted by molar-refractivity contribution is 6.35. The summed E-state index contributed by atoms with van der Waals surface area (Å²) < 4.78 is 5.93. The van der Waals surface area contributed by atoms with E-state index in [4.69, 9.17) is 27.9 Å². The Morgan fingerprint density at radius 3 is 2.46 bits per heavy atom. The SMILES string of the molecule is CN(C)CCCCOc1ccccc1C=Cc1ccc(Cl)cc1Cl. The molecule has 2 aromatic rings. The van der Waals surface area contributed by atoms with E-state index in [2.05, 4.69) is 19.0 Å². The molecule has 0 heterocycles. The molecular formula is C20H23Cl2NO. The molecule has 2 nitrogen and oxygen atoms in total. The standard InChI is InChI=1S/C20H23Cl2NO/c1-23(2)13-5-6-14-24-20-8-4-3-7-17(20)10-9-16-11-12-18(21)15-19(16)22/h3-4,7-12,15H,5-6,13-14H2,1-2H3. The minimum absolute atomic E-state index is 0.638. The third-order valence-electron chi connectivity index (χ3n) is 3.58. The van der Waals surface area contributed by atoms with Crippen LogP contribution in [0.1, 0.15) is 24.0 Å². The topological polar surface area (TPSA) is 12.5 Å². The van der Waals surface area contributed by atoms with Gasteiger partial charge in [-0.2, -0.15) is 0 Å². The lowest BCUT2D eigenvalue weighted by molar-refractivity contribution is 0.292. The summed E-state index contributed by atoms with van der Waals surface area (Å²) in [5, 5.41) is 1.28. The van der Waals surface area contributed by atoms with E-state index >= 15 is 0 Å². The van der Waals surface area contributed by atoms with Gasteiger partial charge in [-0.3, -0.25) is 0 Å².